The summed E-state index contributed by atoms with van der Waals surface area (Å²) in [4.78, 5) is 14.2. The number of carbonyl (C=O) groups excluding carboxylic acids is 1. The molecule has 0 heterocycles. The smallest absolute Gasteiger partial charge is 0.241 e. The lowest BCUT2D eigenvalue weighted by atomic mass is 10.1. The van der Waals surface area contributed by atoms with E-state index in [0.29, 0.717) is 17.3 Å². The van der Waals surface area contributed by atoms with E-state index in [9.17, 15) is 4.79 Å². The molecule has 1 rings (SSSR count). The van der Waals surface area contributed by atoms with Crippen molar-refractivity contribution >= 4 is 11.6 Å². The molecule has 0 radical (unpaired) electrons. The van der Waals surface area contributed by atoms with Crippen LogP contribution in [-0.2, 0) is 4.79 Å². The Balaban J connectivity index is 2.71. The zero-order chi connectivity index (χ0) is 14.4. The number of rotatable bonds is 5. The molecule has 0 aromatic heterocycles. The molecule has 0 fully saturated rings. The summed E-state index contributed by atoms with van der Waals surface area (Å²) in [5.74, 6) is -0.0575. The second-order valence-electron chi connectivity index (χ2n) is 4.78. The van der Waals surface area contributed by atoms with E-state index >= 15 is 0 Å². The standard InChI is InChI=1S/C15H21N3O/c1-5-11(2)18(4)12(3)15(19)17-14-8-6-7-13(9-14)10-16/h6-9,11-12H,5H2,1-4H3,(H,17,19). The molecule has 0 aliphatic heterocycles. The summed E-state index contributed by atoms with van der Waals surface area (Å²) in [7, 11) is 1.95. The van der Waals surface area contributed by atoms with Crippen LogP contribution < -0.4 is 5.32 Å². The van der Waals surface area contributed by atoms with Crippen molar-refractivity contribution in [2.24, 2.45) is 0 Å². The summed E-state index contributed by atoms with van der Waals surface area (Å²) in [6.07, 6.45) is 0.998. The van der Waals surface area contributed by atoms with Gasteiger partial charge in [0.2, 0.25) is 5.91 Å². The van der Waals surface area contributed by atoms with Gasteiger partial charge in [0, 0.05) is 11.7 Å². The highest BCUT2D eigenvalue weighted by Crippen LogP contribution is 2.12. The van der Waals surface area contributed by atoms with Crippen LogP contribution in [0.25, 0.3) is 0 Å². The first-order chi connectivity index (χ1) is 8.99. The quantitative estimate of drug-likeness (QED) is 0.884. The Morgan fingerprint density at radius 1 is 1.47 bits per heavy atom. The molecule has 0 bridgehead atoms. The average molecular weight is 259 g/mol. The fourth-order valence-corrected chi connectivity index (χ4v) is 1.77. The lowest BCUT2D eigenvalue weighted by Crippen LogP contribution is -2.44. The summed E-state index contributed by atoms with van der Waals surface area (Å²) >= 11 is 0. The minimum Gasteiger partial charge on any atom is -0.325 e. The van der Waals surface area contributed by atoms with Crippen molar-refractivity contribution in [2.45, 2.75) is 39.3 Å². The van der Waals surface area contributed by atoms with Crippen LogP contribution >= 0.6 is 0 Å². The van der Waals surface area contributed by atoms with Crippen molar-refractivity contribution in [3.8, 4) is 6.07 Å². The van der Waals surface area contributed by atoms with Crippen LogP contribution in [0.1, 0.15) is 32.8 Å². The lowest BCUT2D eigenvalue weighted by molar-refractivity contribution is -0.120. The number of likely N-dealkylation sites (N-methyl/N-ethyl adjacent to an activating group) is 1. The topological polar surface area (TPSA) is 56.1 Å². The number of nitriles is 1. The Morgan fingerprint density at radius 3 is 2.74 bits per heavy atom. The summed E-state index contributed by atoms with van der Waals surface area (Å²) < 4.78 is 0. The van der Waals surface area contributed by atoms with Crippen molar-refractivity contribution in [1.29, 1.82) is 5.26 Å². The Bertz CT molecular complexity index is 479. The Morgan fingerprint density at radius 2 is 2.16 bits per heavy atom. The third-order valence-corrected chi connectivity index (χ3v) is 3.54. The van der Waals surface area contributed by atoms with Crippen LogP contribution in [-0.4, -0.2) is 29.9 Å². The third-order valence-electron chi connectivity index (χ3n) is 3.54. The molecule has 102 valence electrons. The number of nitrogens with one attached hydrogen (secondary N) is 1. The van der Waals surface area contributed by atoms with E-state index in [1.54, 1.807) is 24.3 Å². The number of carbonyl (C=O) groups is 1. The van der Waals surface area contributed by atoms with E-state index in [4.69, 9.17) is 5.26 Å². The van der Waals surface area contributed by atoms with E-state index in [1.807, 2.05) is 18.9 Å². The minimum atomic E-state index is -0.208. The van der Waals surface area contributed by atoms with Crippen molar-refractivity contribution in [3.05, 3.63) is 29.8 Å². The second kappa shape index (κ2) is 6.91. The Hall–Kier alpha value is -1.86. The molecule has 1 aromatic rings. The highest BCUT2D eigenvalue weighted by molar-refractivity contribution is 5.94. The van der Waals surface area contributed by atoms with Crippen LogP contribution in [0.5, 0.6) is 0 Å². The van der Waals surface area contributed by atoms with Gasteiger partial charge in [0.1, 0.15) is 0 Å². The number of amides is 1. The van der Waals surface area contributed by atoms with Gasteiger partial charge in [0.25, 0.3) is 0 Å². The van der Waals surface area contributed by atoms with Gasteiger partial charge in [-0.25, -0.2) is 0 Å². The zero-order valence-electron chi connectivity index (χ0n) is 12.0. The number of anilines is 1. The molecule has 0 spiro atoms. The van der Waals surface area contributed by atoms with Gasteiger partial charge >= 0.3 is 0 Å². The first-order valence-corrected chi connectivity index (χ1v) is 6.52. The van der Waals surface area contributed by atoms with E-state index in [2.05, 4.69) is 25.2 Å². The normalized spacial score (nSPS) is 13.7. The first kappa shape index (κ1) is 15.2. The predicted octanol–water partition coefficient (Wildman–Crippen LogP) is 2.62. The van der Waals surface area contributed by atoms with Crippen LogP contribution in [0.2, 0.25) is 0 Å². The average Bonchev–Trinajstić information content (AvgIpc) is 2.44. The molecule has 2 unspecified atom stereocenters. The van der Waals surface area contributed by atoms with E-state index in [-0.39, 0.29) is 11.9 Å². The van der Waals surface area contributed by atoms with Crippen molar-refractivity contribution in [1.82, 2.24) is 4.90 Å². The largest absolute Gasteiger partial charge is 0.325 e. The minimum absolute atomic E-state index is 0.0575. The van der Waals surface area contributed by atoms with Gasteiger partial charge in [-0.3, -0.25) is 9.69 Å². The second-order valence-corrected chi connectivity index (χ2v) is 4.78. The van der Waals surface area contributed by atoms with Crippen molar-refractivity contribution < 1.29 is 4.79 Å². The van der Waals surface area contributed by atoms with Gasteiger partial charge < -0.3 is 5.32 Å². The van der Waals surface area contributed by atoms with Gasteiger partial charge in [-0.15, -0.1) is 0 Å². The van der Waals surface area contributed by atoms with Crippen LogP contribution in [0.15, 0.2) is 24.3 Å². The molecule has 1 amide bonds. The maximum Gasteiger partial charge on any atom is 0.241 e. The predicted molar refractivity (Wildman–Crippen MR) is 76.8 cm³/mol. The summed E-state index contributed by atoms with van der Waals surface area (Å²) in [6.45, 7) is 6.08. The fourth-order valence-electron chi connectivity index (χ4n) is 1.77. The van der Waals surface area contributed by atoms with E-state index in [1.165, 1.54) is 0 Å². The zero-order valence-corrected chi connectivity index (χ0v) is 12.0. The molecule has 0 saturated heterocycles. The molecular formula is C15H21N3O. The van der Waals surface area contributed by atoms with Crippen molar-refractivity contribution in [2.75, 3.05) is 12.4 Å². The van der Waals surface area contributed by atoms with Crippen LogP contribution in [0.4, 0.5) is 5.69 Å². The maximum absolute atomic E-state index is 12.1. The SMILES string of the molecule is CCC(C)N(C)C(C)C(=O)Nc1cccc(C#N)c1. The Kier molecular flexibility index (Phi) is 5.53. The van der Waals surface area contributed by atoms with Crippen LogP contribution in [0.3, 0.4) is 0 Å². The summed E-state index contributed by atoms with van der Waals surface area (Å²) in [5.41, 5.74) is 1.20. The molecule has 2 atom stereocenters. The van der Waals surface area contributed by atoms with Gasteiger partial charge in [0.05, 0.1) is 17.7 Å². The van der Waals surface area contributed by atoms with Crippen molar-refractivity contribution in [3.63, 3.8) is 0 Å². The molecule has 4 nitrogen and oxygen atoms in total. The fraction of sp³-hybridized carbons (Fsp3) is 0.467. The molecule has 1 aromatic carbocycles. The molecule has 0 saturated carbocycles. The molecule has 19 heavy (non-hydrogen) atoms. The highest BCUT2D eigenvalue weighted by Gasteiger charge is 2.21. The Labute approximate surface area is 115 Å². The van der Waals surface area contributed by atoms with Crippen LogP contribution in [0, 0.1) is 11.3 Å². The first-order valence-electron chi connectivity index (χ1n) is 6.52. The van der Waals surface area contributed by atoms with Gasteiger partial charge in [-0.1, -0.05) is 13.0 Å². The van der Waals surface area contributed by atoms with E-state index in [0.717, 1.165) is 6.42 Å². The number of benzene rings is 1. The molecule has 0 aliphatic rings. The summed E-state index contributed by atoms with van der Waals surface area (Å²) in [6, 6.07) is 9.14. The van der Waals surface area contributed by atoms with Gasteiger partial charge in [0.15, 0.2) is 0 Å². The lowest BCUT2D eigenvalue weighted by Gasteiger charge is -2.29. The number of hydrogen-bond acceptors (Lipinski definition) is 3. The third kappa shape index (κ3) is 4.08. The number of nitrogens with zero attached hydrogens (tertiary/aromatic N) is 2. The van der Waals surface area contributed by atoms with Gasteiger partial charge in [-0.05, 0) is 45.5 Å². The molecule has 4 heteroatoms. The molecular weight excluding hydrogens is 238 g/mol. The highest BCUT2D eigenvalue weighted by atomic mass is 16.2. The number of hydrogen-bond donors (Lipinski definition) is 1. The van der Waals surface area contributed by atoms with E-state index < -0.39 is 0 Å². The van der Waals surface area contributed by atoms with Gasteiger partial charge in [-0.2, -0.15) is 5.26 Å². The summed E-state index contributed by atoms with van der Waals surface area (Å²) in [5, 5.41) is 11.7. The molecule has 1 N–H and O–H groups in total. The monoisotopic (exact) mass is 259 g/mol. The molecule has 0 aliphatic carbocycles. The maximum atomic E-state index is 12.1.